The van der Waals surface area contributed by atoms with Gasteiger partial charge in [0.15, 0.2) is 0 Å². The standard InChI is InChI=1S/C50H37N3/c1-3-14-32(15-4-1)43-31-46-48(40-22-10-9-21-39(40)43)47-38-20-8-7-16-33(38)26-29-45(47)53(46)36-27-28-37-35(30-36)19-13-24-41(37)50-51-44-25-12-11-23-42(44)49(52-50)34-17-5-2-6-18-34/h1-25,27-31,33,49-52H,26H2. The molecule has 0 saturated heterocycles. The monoisotopic (exact) mass is 679 g/mol. The van der Waals surface area contributed by atoms with Crippen LogP contribution < -0.4 is 21.2 Å². The number of nitrogens with one attached hydrogen (secondary N) is 2. The molecule has 11 rings (SSSR count). The van der Waals surface area contributed by atoms with Gasteiger partial charge in [0, 0.05) is 27.9 Å². The first-order valence-corrected chi connectivity index (χ1v) is 18.7. The molecule has 7 aromatic carbocycles. The van der Waals surface area contributed by atoms with Crippen LogP contribution in [0.15, 0.2) is 176 Å². The van der Waals surface area contributed by atoms with E-state index >= 15 is 0 Å². The quantitative estimate of drug-likeness (QED) is 0.194. The topological polar surface area (TPSA) is 29.0 Å². The Balaban J connectivity index is 1.13. The highest BCUT2D eigenvalue weighted by Crippen LogP contribution is 2.40. The fourth-order valence-corrected chi connectivity index (χ4v) is 9.20. The van der Waals surface area contributed by atoms with Crippen LogP contribution >= 0.6 is 0 Å². The van der Waals surface area contributed by atoms with Crippen LogP contribution in [0.25, 0.3) is 60.9 Å². The number of hydrogen-bond donors (Lipinski definition) is 2. The number of fused-ring (bicyclic) bond motifs is 8. The molecule has 3 atom stereocenters. The Kier molecular flexibility index (Phi) is 6.89. The molecule has 3 unspecified atom stereocenters. The normalized spacial score (nSPS) is 18.7. The van der Waals surface area contributed by atoms with Crippen LogP contribution in [0.2, 0.25) is 0 Å². The number of benzene rings is 7. The van der Waals surface area contributed by atoms with Gasteiger partial charge >= 0.3 is 0 Å². The highest BCUT2D eigenvalue weighted by Gasteiger charge is 2.29. The molecule has 3 nitrogen and oxygen atoms in total. The summed E-state index contributed by atoms with van der Waals surface area (Å²) >= 11 is 0. The van der Waals surface area contributed by atoms with Gasteiger partial charge in [0.2, 0.25) is 0 Å². The van der Waals surface area contributed by atoms with Gasteiger partial charge in [0.05, 0.1) is 16.9 Å². The fraction of sp³-hybridized carbons (Fsp3) is 0.0800. The molecule has 252 valence electrons. The average Bonchev–Trinajstić information content (AvgIpc) is 3.58. The van der Waals surface area contributed by atoms with Crippen molar-refractivity contribution in [3.63, 3.8) is 0 Å². The van der Waals surface area contributed by atoms with Crippen molar-refractivity contribution in [1.29, 1.82) is 0 Å². The zero-order valence-corrected chi connectivity index (χ0v) is 29.2. The summed E-state index contributed by atoms with van der Waals surface area (Å²) in [6.07, 6.45) is 12.5. The number of aromatic nitrogens is 1. The van der Waals surface area contributed by atoms with Crippen molar-refractivity contribution < 1.29 is 0 Å². The van der Waals surface area contributed by atoms with Crippen molar-refractivity contribution in [2.24, 2.45) is 5.92 Å². The summed E-state index contributed by atoms with van der Waals surface area (Å²) in [5.74, 6) is 0.388. The highest BCUT2D eigenvalue weighted by atomic mass is 15.2. The molecule has 8 aromatic rings. The molecule has 0 spiro atoms. The van der Waals surface area contributed by atoms with Crippen molar-refractivity contribution in [3.8, 4) is 16.8 Å². The molecule has 1 aromatic heterocycles. The summed E-state index contributed by atoms with van der Waals surface area (Å²) in [6.45, 7) is 0. The summed E-state index contributed by atoms with van der Waals surface area (Å²) < 4.78 is 2.53. The van der Waals surface area contributed by atoms with Gasteiger partial charge in [0.25, 0.3) is 0 Å². The molecule has 53 heavy (non-hydrogen) atoms. The van der Waals surface area contributed by atoms with Crippen molar-refractivity contribution >= 4 is 49.8 Å². The minimum atomic E-state index is -0.0579. The van der Waals surface area contributed by atoms with Crippen LogP contribution in [-0.4, -0.2) is 4.57 Å². The molecule has 1 aliphatic heterocycles. The second-order valence-corrected chi connectivity index (χ2v) is 14.5. The Hall–Kier alpha value is -6.42. The second kappa shape index (κ2) is 12.1. The predicted molar refractivity (Wildman–Crippen MR) is 221 cm³/mol. The molecule has 2 aliphatic carbocycles. The lowest BCUT2D eigenvalue weighted by molar-refractivity contribution is 0.508. The number of para-hydroxylation sites is 1. The Labute approximate surface area is 308 Å². The molecule has 3 aliphatic rings. The minimum Gasteiger partial charge on any atom is -0.366 e. The van der Waals surface area contributed by atoms with Gasteiger partial charge in [-0.3, -0.25) is 5.32 Å². The smallest absolute Gasteiger partial charge is 0.105 e. The highest BCUT2D eigenvalue weighted by molar-refractivity contribution is 6.14. The lowest BCUT2D eigenvalue weighted by atomic mass is 9.86. The van der Waals surface area contributed by atoms with E-state index in [2.05, 4.69) is 197 Å². The number of rotatable bonds is 4. The number of anilines is 1. The molecule has 2 heterocycles. The third-order valence-corrected chi connectivity index (χ3v) is 11.6. The zero-order valence-electron chi connectivity index (χ0n) is 29.2. The van der Waals surface area contributed by atoms with Crippen molar-refractivity contribution in [2.45, 2.75) is 18.6 Å². The van der Waals surface area contributed by atoms with Crippen LogP contribution in [0.1, 0.15) is 35.3 Å². The van der Waals surface area contributed by atoms with Crippen LogP contribution in [-0.2, 0) is 0 Å². The fourth-order valence-electron chi connectivity index (χ4n) is 9.20. The summed E-state index contributed by atoms with van der Waals surface area (Å²) in [4.78, 5) is 0. The van der Waals surface area contributed by atoms with Crippen molar-refractivity contribution in [2.75, 3.05) is 5.32 Å². The van der Waals surface area contributed by atoms with E-state index in [1.54, 1.807) is 0 Å². The second-order valence-electron chi connectivity index (χ2n) is 14.5. The van der Waals surface area contributed by atoms with Crippen molar-refractivity contribution in [1.82, 2.24) is 9.88 Å². The van der Waals surface area contributed by atoms with Gasteiger partial charge in [-0.1, -0.05) is 158 Å². The molecule has 2 N–H and O–H groups in total. The average molecular weight is 680 g/mol. The molecule has 0 radical (unpaired) electrons. The maximum atomic E-state index is 3.97. The zero-order chi connectivity index (χ0) is 34.9. The van der Waals surface area contributed by atoms with E-state index in [1.807, 2.05) is 0 Å². The van der Waals surface area contributed by atoms with E-state index in [4.69, 9.17) is 0 Å². The molecule has 0 saturated carbocycles. The molecule has 0 bridgehead atoms. The summed E-state index contributed by atoms with van der Waals surface area (Å²) in [7, 11) is 0. The lowest BCUT2D eigenvalue weighted by Gasteiger charge is -2.36. The molecular weight excluding hydrogens is 643 g/mol. The van der Waals surface area contributed by atoms with Crippen molar-refractivity contribution in [3.05, 3.63) is 203 Å². The van der Waals surface area contributed by atoms with E-state index in [9.17, 15) is 0 Å². The molecular formula is C50H37N3. The maximum Gasteiger partial charge on any atom is 0.105 e. The molecule has 0 fully saturated rings. The van der Waals surface area contributed by atoms with E-state index in [0.717, 1.165) is 6.42 Å². The van der Waals surface area contributed by atoms with Gasteiger partial charge in [-0.2, -0.15) is 0 Å². The first kappa shape index (κ1) is 30.2. The Morgan fingerprint density at radius 3 is 2.28 bits per heavy atom. The molecule has 3 heteroatoms. The predicted octanol–water partition coefficient (Wildman–Crippen LogP) is 10.5. The third-order valence-electron chi connectivity index (χ3n) is 11.6. The minimum absolute atomic E-state index is 0.0579. The van der Waals surface area contributed by atoms with E-state index < -0.39 is 0 Å². The summed E-state index contributed by atoms with van der Waals surface area (Å²) in [6, 6.07) is 55.6. The first-order valence-electron chi connectivity index (χ1n) is 18.7. The van der Waals surface area contributed by atoms with E-state index in [-0.39, 0.29) is 12.2 Å². The van der Waals surface area contributed by atoms with Crippen LogP contribution in [0.5, 0.6) is 0 Å². The molecule has 0 amide bonds. The number of nitrogens with zero attached hydrogens (tertiary/aromatic N) is 1. The summed E-state index contributed by atoms with van der Waals surface area (Å²) in [5, 5.41) is 16.8. The van der Waals surface area contributed by atoms with Gasteiger partial charge in [-0.05, 0) is 85.6 Å². The van der Waals surface area contributed by atoms with E-state index in [0.29, 0.717) is 5.92 Å². The first-order chi connectivity index (χ1) is 26.3. The lowest BCUT2D eigenvalue weighted by Crippen LogP contribution is -2.37. The van der Waals surface area contributed by atoms with Crippen LogP contribution in [0.3, 0.4) is 0 Å². The Morgan fingerprint density at radius 2 is 1.40 bits per heavy atom. The summed E-state index contributed by atoms with van der Waals surface area (Å²) in [5.41, 5.74) is 11.3. The largest absolute Gasteiger partial charge is 0.366 e. The maximum absolute atomic E-state index is 3.97. The van der Waals surface area contributed by atoms with E-state index in [1.165, 1.54) is 87.8 Å². The Morgan fingerprint density at radius 1 is 0.623 bits per heavy atom. The Bertz CT molecular complexity index is 2930. The number of allylic oxidation sites excluding steroid dienone is 4. The van der Waals surface area contributed by atoms with Gasteiger partial charge in [-0.15, -0.1) is 0 Å². The van der Waals surface area contributed by atoms with Gasteiger partial charge in [0.1, 0.15) is 6.17 Å². The SMILES string of the molecule is C1=CC2=c3c(n(-c4ccc5c(C6Nc7ccccc7C(c7ccccc7)N6)cccc5c4)c4cc(-c5ccccc5)c5ccccc5c34)=CCC2C=C1. The van der Waals surface area contributed by atoms with Crippen LogP contribution in [0, 0.1) is 5.92 Å². The third kappa shape index (κ3) is 4.78. The van der Waals surface area contributed by atoms with Gasteiger partial charge in [-0.25, -0.2) is 0 Å². The van der Waals surface area contributed by atoms with Gasteiger partial charge < -0.3 is 9.88 Å². The number of hydrogen-bond acceptors (Lipinski definition) is 2. The van der Waals surface area contributed by atoms with Crippen LogP contribution in [0.4, 0.5) is 5.69 Å².